The van der Waals surface area contributed by atoms with Gasteiger partial charge in [-0.2, -0.15) is 0 Å². The van der Waals surface area contributed by atoms with Crippen LogP contribution in [0.5, 0.6) is 0 Å². The molecule has 4 nitrogen and oxygen atoms in total. The summed E-state index contributed by atoms with van der Waals surface area (Å²) in [6.07, 6.45) is 1.46. The lowest BCUT2D eigenvalue weighted by molar-refractivity contribution is -0.137. The van der Waals surface area contributed by atoms with Gasteiger partial charge in [-0.1, -0.05) is 24.6 Å². The molecule has 0 unspecified atom stereocenters. The first-order chi connectivity index (χ1) is 8.91. The Morgan fingerprint density at radius 2 is 1.84 bits per heavy atom. The van der Waals surface area contributed by atoms with Gasteiger partial charge in [-0.3, -0.25) is 4.79 Å². The number of carboxylic acid groups (broad SMARTS) is 1. The molecule has 0 aromatic heterocycles. The molecule has 0 aliphatic carbocycles. The van der Waals surface area contributed by atoms with Crippen LogP contribution in [-0.2, 0) is 20.4 Å². The number of carbonyl (C=O) groups is 1. The number of unbranched alkanes of at least 4 members (excludes halogenated alkanes) is 2. The normalized spacial score (nSPS) is 11.4. The standard InChI is InChI=1S/C13H17FO4S/c14-12-7-4-3-6-11(12)10-19(17,18)9-5-1-2-8-13(15)16/h3-4,6-7H,1-2,5,8-10H2,(H,15,16). The van der Waals surface area contributed by atoms with Crippen molar-refractivity contribution < 1.29 is 22.7 Å². The van der Waals surface area contributed by atoms with Gasteiger partial charge in [0, 0.05) is 12.0 Å². The lowest BCUT2D eigenvalue weighted by Gasteiger charge is -2.05. The van der Waals surface area contributed by atoms with E-state index in [1.807, 2.05) is 0 Å². The third-order valence-corrected chi connectivity index (χ3v) is 4.34. The van der Waals surface area contributed by atoms with E-state index >= 15 is 0 Å². The first kappa shape index (κ1) is 15.6. The molecule has 1 aromatic rings. The molecule has 0 amide bonds. The molecule has 0 aliphatic rings. The Labute approximate surface area is 112 Å². The molecule has 0 saturated heterocycles. The van der Waals surface area contributed by atoms with Gasteiger partial charge in [0.2, 0.25) is 0 Å². The highest BCUT2D eigenvalue weighted by Gasteiger charge is 2.14. The summed E-state index contributed by atoms with van der Waals surface area (Å²) >= 11 is 0. The molecule has 1 N–H and O–H groups in total. The van der Waals surface area contributed by atoms with Gasteiger partial charge >= 0.3 is 5.97 Å². The van der Waals surface area contributed by atoms with Gasteiger partial charge in [-0.05, 0) is 18.9 Å². The van der Waals surface area contributed by atoms with Crippen LogP contribution < -0.4 is 0 Å². The van der Waals surface area contributed by atoms with E-state index in [-0.39, 0.29) is 23.5 Å². The van der Waals surface area contributed by atoms with Crippen molar-refractivity contribution in [3.05, 3.63) is 35.6 Å². The molecular weight excluding hydrogens is 271 g/mol. The molecular formula is C13H17FO4S. The summed E-state index contributed by atoms with van der Waals surface area (Å²) in [6, 6.07) is 5.80. The Hall–Kier alpha value is -1.43. The second-order valence-corrected chi connectivity index (χ2v) is 6.57. The minimum Gasteiger partial charge on any atom is -0.481 e. The maximum absolute atomic E-state index is 13.3. The van der Waals surface area contributed by atoms with Crippen molar-refractivity contribution in [3.8, 4) is 0 Å². The molecule has 0 atom stereocenters. The van der Waals surface area contributed by atoms with Crippen LogP contribution in [0.3, 0.4) is 0 Å². The number of hydrogen-bond acceptors (Lipinski definition) is 3. The van der Waals surface area contributed by atoms with Gasteiger partial charge in [-0.25, -0.2) is 12.8 Å². The molecule has 106 valence electrons. The second kappa shape index (κ2) is 7.23. The second-order valence-electron chi connectivity index (χ2n) is 4.39. The minimum atomic E-state index is -3.35. The third kappa shape index (κ3) is 6.33. The van der Waals surface area contributed by atoms with Gasteiger partial charge < -0.3 is 5.11 Å². The van der Waals surface area contributed by atoms with Crippen LogP contribution in [0, 0.1) is 5.82 Å². The fraction of sp³-hybridized carbons (Fsp3) is 0.462. The Morgan fingerprint density at radius 1 is 1.16 bits per heavy atom. The van der Waals surface area contributed by atoms with Crippen LogP contribution in [0.2, 0.25) is 0 Å². The number of aliphatic carboxylic acids is 1. The third-order valence-electron chi connectivity index (χ3n) is 2.68. The Balaban J connectivity index is 2.40. The first-order valence-electron chi connectivity index (χ1n) is 6.06. The van der Waals surface area contributed by atoms with Gasteiger partial charge in [0.1, 0.15) is 5.82 Å². The van der Waals surface area contributed by atoms with Gasteiger partial charge in [-0.15, -0.1) is 0 Å². The highest BCUT2D eigenvalue weighted by Crippen LogP contribution is 2.13. The van der Waals surface area contributed by atoms with Crippen LogP contribution in [0.1, 0.15) is 31.2 Å². The summed E-state index contributed by atoms with van der Waals surface area (Å²) in [5.74, 6) is -1.74. The highest BCUT2D eigenvalue weighted by molar-refractivity contribution is 7.90. The number of hydrogen-bond donors (Lipinski definition) is 1. The largest absolute Gasteiger partial charge is 0.481 e. The predicted octanol–water partition coefficient (Wildman–Crippen LogP) is 2.39. The minimum absolute atomic E-state index is 0.0407. The lowest BCUT2D eigenvalue weighted by atomic mass is 10.2. The molecule has 0 aliphatic heterocycles. The summed E-state index contributed by atoms with van der Waals surface area (Å²) < 4.78 is 36.9. The molecule has 0 saturated carbocycles. The van der Waals surface area contributed by atoms with Crippen LogP contribution >= 0.6 is 0 Å². The molecule has 0 fully saturated rings. The van der Waals surface area contributed by atoms with Gasteiger partial charge in [0.25, 0.3) is 0 Å². The maximum atomic E-state index is 13.3. The van der Waals surface area contributed by atoms with Gasteiger partial charge in [0.15, 0.2) is 9.84 Å². The number of benzene rings is 1. The molecule has 1 rings (SSSR count). The molecule has 0 heterocycles. The molecule has 1 aromatic carbocycles. The van der Waals surface area contributed by atoms with E-state index in [0.717, 1.165) is 0 Å². The van der Waals surface area contributed by atoms with Crippen LogP contribution in [-0.4, -0.2) is 25.2 Å². The number of rotatable bonds is 8. The maximum Gasteiger partial charge on any atom is 0.303 e. The molecule has 0 bridgehead atoms. The van der Waals surface area contributed by atoms with Crippen molar-refractivity contribution in [3.63, 3.8) is 0 Å². The lowest BCUT2D eigenvalue weighted by Crippen LogP contribution is -2.10. The van der Waals surface area contributed by atoms with Crippen LogP contribution in [0.4, 0.5) is 4.39 Å². The fourth-order valence-corrected chi connectivity index (χ4v) is 3.20. The van der Waals surface area contributed by atoms with E-state index in [9.17, 15) is 17.6 Å². The smallest absolute Gasteiger partial charge is 0.303 e. The summed E-state index contributed by atoms with van der Waals surface area (Å²) in [4.78, 5) is 10.3. The van der Waals surface area contributed by atoms with Crippen molar-refractivity contribution in [2.24, 2.45) is 0 Å². The molecule has 0 spiro atoms. The average Bonchev–Trinajstić information content (AvgIpc) is 2.31. The van der Waals surface area contributed by atoms with Crippen molar-refractivity contribution in [1.29, 1.82) is 0 Å². The number of sulfone groups is 1. The van der Waals surface area contributed by atoms with E-state index in [1.165, 1.54) is 18.2 Å². The Kier molecular flexibility index (Phi) is 5.95. The zero-order valence-electron chi connectivity index (χ0n) is 10.5. The quantitative estimate of drug-likeness (QED) is 0.745. The van der Waals surface area contributed by atoms with E-state index in [1.54, 1.807) is 6.07 Å². The van der Waals surface area contributed by atoms with Crippen molar-refractivity contribution in [1.82, 2.24) is 0 Å². The molecule has 0 radical (unpaired) electrons. The fourth-order valence-electron chi connectivity index (χ4n) is 1.70. The zero-order valence-corrected chi connectivity index (χ0v) is 11.3. The van der Waals surface area contributed by atoms with E-state index < -0.39 is 21.6 Å². The van der Waals surface area contributed by atoms with Gasteiger partial charge in [0.05, 0.1) is 11.5 Å². The summed E-state index contributed by atoms with van der Waals surface area (Å²) in [6.45, 7) is 0. The van der Waals surface area contributed by atoms with Crippen LogP contribution in [0.25, 0.3) is 0 Å². The zero-order chi connectivity index (χ0) is 14.3. The molecule has 19 heavy (non-hydrogen) atoms. The van der Waals surface area contributed by atoms with Crippen molar-refractivity contribution in [2.45, 2.75) is 31.4 Å². The Bertz CT molecular complexity index is 525. The topological polar surface area (TPSA) is 71.4 Å². The summed E-state index contributed by atoms with van der Waals surface area (Å²) in [5.41, 5.74) is 0.174. The van der Waals surface area contributed by atoms with E-state index in [4.69, 9.17) is 5.11 Å². The summed E-state index contributed by atoms with van der Waals surface area (Å²) in [7, 11) is -3.35. The highest BCUT2D eigenvalue weighted by atomic mass is 32.2. The monoisotopic (exact) mass is 288 g/mol. The average molecular weight is 288 g/mol. The predicted molar refractivity (Wildman–Crippen MR) is 70.0 cm³/mol. The number of halogens is 1. The van der Waals surface area contributed by atoms with Crippen molar-refractivity contribution in [2.75, 3.05) is 5.75 Å². The SMILES string of the molecule is O=C(O)CCCCCS(=O)(=O)Cc1ccccc1F. The van der Waals surface area contributed by atoms with E-state index in [0.29, 0.717) is 19.3 Å². The van der Waals surface area contributed by atoms with Crippen molar-refractivity contribution >= 4 is 15.8 Å². The van der Waals surface area contributed by atoms with Crippen LogP contribution in [0.15, 0.2) is 24.3 Å². The number of carboxylic acids is 1. The Morgan fingerprint density at radius 3 is 2.47 bits per heavy atom. The summed E-state index contributed by atoms with van der Waals surface area (Å²) in [5, 5.41) is 8.44. The van der Waals surface area contributed by atoms with E-state index in [2.05, 4.69) is 0 Å². The molecule has 6 heteroatoms. The first-order valence-corrected chi connectivity index (χ1v) is 7.88.